The van der Waals surface area contributed by atoms with Crippen LogP contribution in [0.15, 0.2) is 4.99 Å². The van der Waals surface area contributed by atoms with Crippen molar-refractivity contribution in [2.45, 2.75) is 44.2 Å². The number of aliphatic imine (C=N–C) groups is 1. The minimum absolute atomic E-state index is 0.0836. The van der Waals surface area contributed by atoms with Crippen LogP contribution in [0.2, 0.25) is 0 Å². The number of hydrogen-bond donors (Lipinski definition) is 7. The number of guanidine groups is 1. The predicted molar refractivity (Wildman–Crippen MR) is 88.6 cm³/mol. The first kappa shape index (κ1) is 22.5. The average molecular weight is 362 g/mol. The Kier molecular flexibility index (Phi) is 11.6. The number of nitrogens with zero attached hydrogens (tertiary/aromatic N) is 2. The first-order chi connectivity index (χ1) is 11.8. The molecule has 0 aromatic rings. The maximum Gasteiger partial charge on any atom is 0.265 e. The molecule has 25 heavy (non-hydrogen) atoms. The molecule has 13 heteroatoms. The number of hydrogen-bond acceptors (Lipinski definition) is 8. The molecule has 2 amide bonds. The molecular formula is C12H26N8O5. The second-order valence-electron chi connectivity index (χ2n) is 5.21. The van der Waals surface area contributed by atoms with E-state index in [0.717, 1.165) is 6.42 Å². The molecular weight excluding hydrogens is 336 g/mol. The van der Waals surface area contributed by atoms with Crippen LogP contribution in [0.3, 0.4) is 0 Å². The Balaban J connectivity index is 4.43. The van der Waals surface area contributed by atoms with Crippen molar-refractivity contribution in [3.8, 4) is 0 Å². The van der Waals surface area contributed by atoms with E-state index in [0.29, 0.717) is 19.4 Å². The van der Waals surface area contributed by atoms with Gasteiger partial charge in [0.1, 0.15) is 6.04 Å². The predicted octanol–water partition coefficient (Wildman–Crippen LogP) is -2.69. The van der Waals surface area contributed by atoms with Crippen LogP contribution < -0.4 is 33.4 Å². The number of carbonyl (C=O) groups is 2. The molecule has 0 spiro atoms. The molecule has 0 aliphatic carbocycles. The zero-order chi connectivity index (χ0) is 19.2. The van der Waals surface area contributed by atoms with Crippen molar-refractivity contribution in [2.24, 2.45) is 22.2 Å². The lowest BCUT2D eigenvalue weighted by molar-refractivity contribution is -0.525. The van der Waals surface area contributed by atoms with Crippen molar-refractivity contribution in [3.05, 3.63) is 10.1 Å². The second kappa shape index (κ2) is 12.9. The van der Waals surface area contributed by atoms with Crippen LogP contribution in [0.5, 0.6) is 0 Å². The van der Waals surface area contributed by atoms with Crippen LogP contribution in [0, 0.1) is 10.1 Å². The zero-order valence-electron chi connectivity index (χ0n) is 13.8. The quantitative estimate of drug-likeness (QED) is 0.0478. The van der Waals surface area contributed by atoms with Gasteiger partial charge >= 0.3 is 0 Å². The van der Waals surface area contributed by atoms with Crippen molar-refractivity contribution in [1.29, 1.82) is 0 Å². The number of nitrogens with two attached hydrogens (primary N) is 3. The first-order valence-electron chi connectivity index (χ1n) is 7.72. The number of nitro groups is 1. The second-order valence-corrected chi connectivity index (χ2v) is 5.21. The SMILES string of the molecule is NCCCCC(N)C(=O)N[C@@H](CCCN=C(N)N[N+](=O)[O-])C(=O)NO. The molecule has 144 valence electrons. The van der Waals surface area contributed by atoms with E-state index in [1.54, 1.807) is 5.43 Å². The van der Waals surface area contributed by atoms with Crippen LogP contribution in [-0.2, 0) is 9.59 Å². The Morgan fingerprint density at radius 2 is 1.88 bits per heavy atom. The number of hydroxylamine groups is 1. The monoisotopic (exact) mass is 362 g/mol. The van der Waals surface area contributed by atoms with Gasteiger partial charge in [-0.1, -0.05) is 11.8 Å². The summed E-state index contributed by atoms with van der Waals surface area (Å²) in [6.45, 7) is 0.582. The summed E-state index contributed by atoms with van der Waals surface area (Å²) in [5.41, 5.74) is 19.5. The molecule has 0 bridgehead atoms. The number of hydrazine groups is 1. The summed E-state index contributed by atoms with van der Waals surface area (Å²) in [5.74, 6) is -1.70. The van der Waals surface area contributed by atoms with E-state index in [9.17, 15) is 19.7 Å². The van der Waals surface area contributed by atoms with Crippen molar-refractivity contribution < 1.29 is 19.8 Å². The molecule has 13 nitrogen and oxygen atoms in total. The Morgan fingerprint density at radius 1 is 1.20 bits per heavy atom. The number of unbranched alkanes of at least 4 members (excludes halogenated alkanes) is 1. The maximum absolute atomic E-state index is 12.0. The molecule has 10 N–H and O–H groups in total. The lowest BCUT2D eigenvalue weighted by Gasteiger charge is -2.19. The standard InChI is InChI=1S/C12H26N8O5/c13-6-2-1-4-8(14)10(21)17-9(11(22)19-23)5-3-7-16-12(15)18-20(24)25/h8-9,23H,1-7,13-14H2,(H,17,21)(H,19,22)(H3,15,16,18)/t8?,9-/m0/s1. The molecule has 0 heterocycles. The molecule has 0 saturated heterocycles. The van der Waals surface area contributed by atoms with Crippen LogP contribution in [0.4, 0.5) is 0 Å². The minimum atomic E-state index is -1.02. The van der Waals surface area contributed by atoms with E-state index in [1.165, 1.54) is 5.48 Å². The van der Waals surface area contributed by atoms with Crippen LogP contribution in [-0.4, -0.2) is 53.2 Å². The van der Waals surface area contributed by atoms with Gasteiger partial charge in [0.15, 0.2) is 5.03 Å². The third-order valence-corrected chi connectivity index (χ3v) is 3.19. The van der Waals surface area contributed by atoms with Gasteiger partial charge in [-0.15, -0.1) is 0 Å². The molecule has 0 rings (SSSR count). The molecule has 0 aliphatic heterocycles. The smallest absolute Gasteiger partial charge is 0.265 e. The lowest BCUT2D eigenvalue weighted by atomic mass is 10.1. The number of carbonyl (C=O) groups excluding carboxylic acids is 2. The fourth-order valence-corrected chi connectivity index (χ4v) is 1.89. The van der Waals surface area contributed by atoms with Crippen molar-refractivity contribution in [2.75, 3.05) is 13.1 Å². The molecule has 0 aromatic heterocycles. The highest BCUT2D eigenvalue weighted by molar-refractivity contribution is 5.89. The highest BCUT2D eigenvalue weighted by Crippen LogP contribution is 2.02. The molecule has 2 atom stereocenters. The zero-order valence-corrected chi connectivity index (χ0v) is 13.8. The van der Waals surface area contributed by atoms with Gasteiger partial charge in [-0.25, -0.2) is 20.6 Å². The Labute approximate surface area is 144 Å². The Bertz CT molecular complexity index is 472. The Hall–Kier alpha value is -2.51. The summed E-state index contributed by atoms with van der Waals surface area (Å²) in [7, 11) is 0. The Morgan fingerprint density at radius 3 is 2.44 bits per heavy atom. The number of nitrogens with one attached hydrogen (secondary N) is 3. The van der Waals surface area contributed by atoms with Crippen molar-refractivity contribution in [3.63, 3.8) is 0 Å². The fourth-order valence-electron chi connectivity index (χ4n) is 1.89. The molecule has 0 fully saturated rings. The fraction of sp³-hybridized carbons (Fsp3) is 0.750. The van der Waals surface area contributed by atoms with Crippen LogP contribution in [0.1, 0.15) is 32.1 Å². The van der Waals surface area contributed by atoms with Gasteiger partial charge in [-0.2, -0.15) is 0 Å². The highest BCUT2D eigenvalue weighted by Gasteiger charge is 2.23. The summed E-state index contributed by atoms with van der Waals surface area (Å²) >= 11 is 0. The lowest BCUT2D eigenvalue weighted by Crippen LogP contribution is -2.51. The van der Waals surface area contributed by atoms with E-state index < -0.39 is 28.9 Å². The topological polar surface area (TPSA) is 224 Å². The number of rotatable bonds is 12. The largest absolute Gasteiger partial charge is 0.365 e. The van der Waals surface area contributed by atoms with Crippen molar-refractivity contribution >= 4 is 17.8 Å². The van der Waals surface area contributed by atoms with Crippen LogP contribution in [0.25, 0.3) is 0 Å². The summed E-state index contributed by atoms with van der Waals surface area (Å²) in [6, 6.07) is -1.81. The van der Waals surface area contributed by atoms with Crippen LogP contribution >= 0.6 is 0 Å². The van der Waals surface area contributed by atoms with Gasteiger partial charge < -0.3 is 22.5 Å². The van der Waals surface area contributed by atoms with E-state index >= 15 is 0 Å². The number of amides is 2. The minimum Gasteiger partial charge on any atom is -0.365 e. The average Bonchev–Trinajstić information content (AvgIpc) is 2.56. The van der Waals surface area contributed by atoms with E-state index in [1.807, 2.05) is 0 Å². The van der Waals surface area contributed by atoms with E-state index in [-0.39, 0.29) is 25.3 Å². The van der Waals surface area contributed by atoms with E-state index in [4.69, 9.17) is 22.4 Å². The third-order valence-electron chi connectivity index (χ3n) is 3.19. The molecule has 0 aliphatic rings. The van der Waals surface area contributed by atoms with Gasteiger partial charge in [-0.05, 0) is 32.2 Å². The van der Waals surface area contributed by atoms with Gasteiger partial charge in [0.25, 0.3) is 11.9 Å². The summed E-state index contributed by atoms with van der Waals surface area (Å²) in [5, 5.41) is 20.5. The first-order valence-corrected chi connectivity index (χ1v) is 7.72. The highest BCUT2D eigenvalue weighted by atomic mass is 16.7. The summed E-state index contributed by atoms with van der Waals surface area (Å²) in [4.78, 5) is 37.4. The van der Waals surface area contributed by atoms with Gasteiger partial charge in [0, 0.05) is 6.54 Å². The summed E-state index contributed by atoms with van der Waals surface area (Å²) in [6.07, 6.45) is 2.24. The molecule has 0 aromatic carbocycles. The van der Waals surface area contributed by atoms with Gasteiger partial charge in [-0.3, -0.25) is 14.8 Å². The summed E-state index contributed by atoms with van der Waals surface area (Å²) < 4.78 is 0. The normalized spacial score (nSPS) is 13.6. The van der Waals surface area contributed by atoms with Gasteiger partial charge in [0.05, 0.1) is 6.04 Å². The third kappa shape index (κ3) is 10.8. The molecule has 0 saturated carbocycles. The molecule has 1 unspecified atom stereocenters. The van der Waals surface area contributed by atoms with Gasteiger partial charge in [0.2, 0.25) is 5.91 Å². The maximum atomic E-state index is 12.0. The molecule has 0 radical (unpaired) electrons. The van der Waals surface area contributed by atoms with Crippen molar-refractivity contribution in [1.82, 2.24) is 16.2 Å². The van der Waals surface area contributed by atoms with E-state index in [2.05, 4.69) is 10.3 Å².